The van der Waals surface area contributed by atoms with Gasteiger partial charge in [-0.1, -0.05) is 42.5 Å². The first-order valence-electron chi connectivity index (χ1n) is 9.60. The minimum atomic E-state index is -0.780. The lowest BCUT2D eigenvalue weighted by atomic mass is 9.97. The highest BCUT2D eigenvalue weighted by atomic mass is 32.1. The average molecular weight is 411 g/mol. The first-order chi connectivity index (χ1) is 14.0. The number of benzene rings is 2. The summed E-state index contributed by atoms with van der Waals surface area (Å²) in [7, 11) is 0. The van der Waals surface area contributed by atoms with Gasteiger partial charge in [0.25, 0.3) is 0 Å². The first kappa shape index (κ1) is 20.0. The summed E-state index contributed by atoms with van der Waals surface area (Å²) in [6.45, 7) is 1.87. The topological polar surface area (TPSA) is 49.7 Å². The van der Waals surface area contributed by atoms with Gasteiger partial charge in [-0.25, -0.2) is 4.39 Å². The van der Waals surface area contributed by atoms with E-state index in [9.17, 15) is 14.6 Å². The van der Waals surface area contributed by atoms with E-state index in [0.717, 1.165) is 22.4 Å². The normalized spacial score (nSPS) is 21.4. The van der Waals surface area contributed by atoms with Crippen molar-refractivity contribution in [2.24, 2.45) is 0 Å². The van der Waals surface area contributed by atoms with Crippen LogP contribution in [-0.2, 0) is 11.2 Å². The summed E-state index contributed by atoms with van der Waals surface area (Å²) in [6, 6.07) is 17.0. The molecule has 2 aromatic carbocycles. The molecule has 2 heterocycles. The maximum atomic E-state index is 13.2. The number of aryl methyl sites for hydroxylation is 1. The summed E-state index contributed by atoms with van der Waals surface area (Å²) in [4.78, 5) is 2.35. The van der Waals surface area contributed by atoms with Gasteiger partial charge in [0.05, 0.1) is 6.61 Å². The average Bonchev–Trinajstić information content (AvgIpc) is 3.19. The van der Waals surface area contributed by atoms with Gasteiger partial charge in [0.2, 0.25) is 0 Å². The second-order valence-electron chi connectivity index (χ2n) is 7.29. The highest BCUT2D eigenvalue weighted by Gasteiger charge is 2.26. The predicted molar refractivity (Wildman–Crippen MR) is 114 cm³/mol. The van der Waals surface area contributed by atoms with Crippen LogP contribution in [0.4, 0.5) is 4.39 Å². The molecular formula is C24H23FO3S. The summed E-state index contributed by atoms with van der Waals surface area (Å²) in [5, 5.41) is 19.2. The number of aliphatic hydroxyl groups is 2. The van der Waals surface area contributed by atoms with Gasteiger partial charge < -0.3 is 14.9 Å². The number of ether oxygens (including phenoxy) is 1. The van der Waals surface area contributed by atoms with Crippen molar-refractivity contribution < 1.29 is 19.3 Å². The van der Waals surface area contributed by atoms with E-state index in [2.05, 4.69) is 31.2 Å². The third-order valence-electron chi connectivity index (χ3n) is 5.22. The molecule has 1 aliphatic heterocycles. The first-order valence-corrected chi connectivity index (χ1v) is 10.4. The van der Waals surface area contributed by atoms with Crippen molar-refractivity contribution in [3.05, 3.63) is 94.1 Å². The second kappa shape index (κ2) is 8.59. The van der Waals surface area contributed by atoms with Crippen molar-refractivity contribution in [3.63, 3.8) is 0 Å². The molecule has 2 N–H and O–H groups in total. The summed E-state index contributed by atoms with van der Waals surface area (Å²) in [5.41, 5.74) is 4.42. The van der Waals surface area contributed by atoms with Crippen LogP contribution in [0.2, 0.25) is 0 Å². The van der Waals surface area contributed by atoms with Crippen LogP contribution in [0.5, 0.6) is 0 Å². The highest BCUT2D eigenvalue weighted by Crippen LogP contribution is 2.32. The smallest absolute Gasteiger partial charge is 0.123 e. The Labute approximate surface area is 173 Å². The molecule has 29 heavy (non-hydrogen) atoms. The van der Waals surface area contributed by atoms with Crippen molar-refractivity contribution in [3.8, 4) is 10.4 Å². The number of thiophene rings is 1. The molecule has 3 aromatic rings. The second-order valence-corrected chi connectivity index (χ2v) is 8.46. The van der Waals surface area contributed by atoms with Crippen molar-refractivity contribution in [1.82, 2.24) is 0 Å². The zero-order valence-corrected chi connectivity index (χ0v) is 16.9. The van der Waals surface area contributed by atoms with Gasteiger partial charge >= 0.3 is 0 Å². The lowest BCUT2D eigenvalue weighted by molar-refractivity contribution is -0.0805. The number of halogens is 1. The minimum absolute atomic E-state index is 0.220. The van der Waals surface area contributed by atoms with E-state index < -0.39 is 12.2 Å². The standard InChI is InChI=1S/C24H23FO3S/c1-15-2-3-17(22-10-9-21(27)23(14-26)28-22)12-18(15)13-20-8-11-24(29-20)16-4-6-19(25)7-5-16/h2-12,21-23,26-27H,13-14H2,1H3/t21-,22+,23+/m0/s1. The Kier molecular flexibility index (Phi) is 5.92. The van der Waals surface area contributed by atoms with Gasteiger partial charge in [-0.2, -0.15) is 0 Å². The molecule has 1 aromatic heterocycles. The van der Waals surface area contributed by atoms with Crippen LogP contribution in [0, 0.1) is 12.7 Å². The molecule has 1 aliphatic rings. The molecule has 4 rings (SSSR count). The van der Waals surface area contributed by atoms with E-state index in [4.69, 9.17) is 4.74 Å². The number of hydrogen-bond donors (Lipinski definition) is 2. The van der Waals surface area contributed by atoms with E-state index in [1.807, 2.05) is 12.1 Å². The molecule has 0 fully saturated rings. The largest absolute Gasteiger partial charge is 0.394 e. The van der Waals surface area contributed by atoms with Gasteiger partial charge in [-0.3, -0.25) is 0 Å². The monoisotopic (exact) mass is 410 g/mol. The van der Waals surface area contributed by atoms with Crippen LogP contribution in [0.1, 0.15) is 27.7 Å². The van der Waals surface area contributed by atoms with E-state index in [0.29, 0.717) is 0 Å². The number of rotatable bonds is 5. The fourth-order valence-corrected chi connectivity index (χ4v) is 4.52. The quantitative estimate of drug-likeness (QED) is 0.594. The Morgan fingerprint density at radius 1 is 1.03 bits per heavy atom. The SMILES string of the molecule is Cc1ccc([C@H]2C=C[C@H](O)[C@@H](CO)O2)cc1Cc1ccc(-c2ccc(F)cc2)s1. The highest BCUT2D eigenvalue weighted by molar-refractivity contribution is 7.15. The Morgan fingerprint density at radius 2 is 1.83 bits per heavy atom. The van der Waals surface area contributed by atoms with Gasteiger partial charge in [-0.05, 0) is 53.4 Å². The molecule has 0 amide bonds. The molecule has 3 nitrogen and oxygen atoms in total. The zero-order chi connectivity index (χ0) is 20.4. The molecular weight excluding hydrogens is 387 g/mol. The Morgan fingerprint density at radius 3 is 2.59 bits per heavy atom. The molecule has 0 radical (unpaired) electrons. The molecule has 0 aliphatic carbocycles. The zero-order valence-electron chi connectivity index (χ0n) is 16.1. The number of hydrogen-bond acceptors (Lipinski definition) is 4. The van der Waals surface area contributed by atoms with Crippen molar-refractivity contribution >= 4 is 11.3 Å². The number of aliphatic hydroxyl groups excluding tert-OH is 2. The summed E-state index contributed by atoms with van der Waals surface area (Å²) in [5.74, 6) is -0.229. The van der Waals surface area contributed by atoms with E-state index in [1.54, 1.807) is 29.5 Å². The van der Waals surface area contributed by atoms with Crippen LogP contribution in [-0.4, -0.2) is 29.0 Å². The van der Waals surface area contributed by atoms with Crippen molar-refractivity contribution in [2.45, 2.75) is 31.7 Å². The van der Waals surface area contributed by atoms with E-state index in [1.165, 1.54) is 28.1 Å². The molecule has 3 atom stereocenters. The Balaban J connectivity index is 1.54. The summed E-state index contributed by atoms with van der Waals surface area (Å²) < 4.78 is 19.0. The lowest BCUT2D eigenvalue weighted by Crippen LogP contribution is -2.35. The lowest BCUT2D eigenvalue weighted by Gasteiger charge is -2.29. The minimum Gasteiger partial charge on any atom is -0.394 e. The van der Waals surface area contributed by atoms with E-state index >= 15 is 0 Å². The Bertz CT molecular complexity index is 1010. The van der Waals surface area contributed by atoms with Crippen LogP contribution in [0.3, 0.4) is 0 Å². The predicted octanol–water partition coefficient (Wildman–Crippen LogP) is 4.80. The molecule has 5 heteroatoms. The maximum Gasteiger partial charge on any atom is 0.123 e. The van der Waals surface area contributed by atoms with Crippen LogP contribution in [0.15, 0.2) is 66.7 Å². The maximum absolute atomic E-state index is 13.2. The van der Waals surface area contributed by atoms with Crippen LogP contribution in [0.25, 0.3) is 10.4 Å². The van der Waals surface area contributed by atoms with Crippen molar-refractivity contribution in [1.29, 1.82) is 0 Å². The van der Waals surface area contributed by atoms with Crippen LogP contribution < -0.4 is 0 Å². The third kappa shape index (κ3) is 4.49. The van der Waals surface area contributed by atoms with Gasteiger partial charge in [-0.15, -0.1) is 11.3 Å². The fraction of sp³-hybridized carbons (Fsp3) is 0.250. The molecule has 0 spiro atoms. The molecule has 0 saturated carbocycles. The fourth-order valence-electron chi connectivity index (χ4n) is 3.48. The van der Waals surface area contributed by atoms with Gasteiger partial charge in [0, 0.05) is 16.2 Å². The van der Waals surface area contributed by atoms with Gasteiger partial charge in [0.1, 0.15) is 24.1 Å². The summed E-state index contributed by atoms with van der Waals surface area (Å²) in [6.07, 6.45) is 2.65. The third-order valence-corrected chi connectivity index (χ3v) is 6.36. The Hall–Kier alpha value is -2.31. The van der Waals surface area contributed by atoms with E-state index in [-0.39, 0.29) is 18.5 Å². The molecule has 150 valence electrons. The molecule has 0 saturated heterocycles. The van der Waals surface area contributed by atoms with Gasteiger partial charge in [0.15, 0.2) is 0 Å². The summed E-state index contributed by atoms with van der Waals surface area (Å²) >= 11 is 1.71. The molecule has 0 bridgehead atoms. The van der Waals surface area contributed by atoms with Crippen LogP contribution >= 0.6 is 11.3 Å². The molecule has 0 unspecified atom stereocenters. The van der Waals surface area contributed by atoms with Crippen molar-refractivity contribution in [2.75, 3.05) is 6.61 Å².